The molecule has 0 amide bonds. The van der Waals surface area contributed by atoms with Gasteiger partial charge >= 0.3 is 0 Å². The molecule has 1 aromatic heterocycles. The second-order valence-electron chi connectivity index (χ2n) is 6.38. The van der Waals surface area contributed by atoms with Gasteiger partial charge in [0.05, 0.1) is 13.2 Å². The smallest absolute Gasteiger partial charge is 0.176 e. The second kappa shape index (κ2) is 6.10. The van der Waals surface area contributed by atoms with Crippen LogP contribution in [0.4, 0.5) is 0 Å². The fraction of sp³-hybridized carbons (Fsp3) is 0.556. The van der Waals surface area contributed by atoms with Gasteiger partial charge in [-0.2, -0.15) is 0 Å². The van der Waals surface area contributed by atoms with Gasteiger partial charge in [0.25, 0.3) is 0 Å². The molecule has 0 bridgehead atoms. The molecule has 0 radical (unpaired) electrons. The Bertz CT molecular complexity index is 604. The van der Waals surface area contributed by atoms with Crippen LogP contribution in [-0.4, -0.2) is 13.2 Å². The molecule has 3 atom stereocenters. The molecule has 3 nitrogen and oxygen atoms in total. The molecule has 1 heterocycles. The molecule has 1 aliphatic carbocycles. The van der Waals surface area contributed by atoms with E-state index in [9.17, 15) is 0 Å². The number of hydrogen-bond acceptors (Lipinski definition) is 3. The summed E-state index contributed by atoms with van der Waals surface area (Å²) in [5.74, 6) is 2.63. The van der Waals surface area contributed by atoms with Crippen LogP contribution in [0, 0.1) is 5.92 Å². The van der Waals surface area contributed by atoms with Gasteiger partial charge in [-0.25, -0.2) is 0 Å². The SMILES string of the molecule is COc1cccc2cc(C(C)NC3CCCC(C)C3)oc12. The summed E-state index contributed by atoms with van der Waals surface area (Å²) in [7, 11) is 1.68. The highest BCUT2D eigenvalue weighted by Crippen LogP contribution is 2.32. The predicted octanol–water partition coefficient (Wildman–Crippen LogP) is 4.67. The summed E-state index contributed by atoms with van der Waals surface area (Å²) in [6.45, 7) is 4.54. The molecule has 1 saturated carbocycles. The molecule has 1 aliphatic rings. The normalized spacial score (nSPS) is 24.1. The van der Waals surface area contributed by atoms with Crippen LogP contribution >= 0.6 is 0 Å². The Labute approximate surface area is 126 Å². The van der Waals surface area contributed by atoms with Gasteiger partial charge < -0.3 is 14.5 Å². The van der Waals surface area contributed by atoms with E-state index in [-0.39, 0.29) is 6.04 Å². The summed E-state index contributed by atoms with van der Waals surface area (Å²) in [5, 5.41) is 4.84. The molecule has 21 heavy (non-hydrogen) atoms. The summed E-state index contributed by atoms with van der Waals surface area (Å²) >= 11 is 0. The van der Waals surface area contributed by atoms with Crippen molar-refractivity contribution in [3.05, 3.63) is 30.0 Å². The van der Waals surface area contributed by atoms with Gasteiger partial charge in [0.15, 0.2) is 11.3 Å². The Kier molecular flexibility index (Phi) is 4.20. The van der Waals surface area contributed by atoms with Crippen molar-refractivity contribution in [2.45, 2.75) is 51.6 Å². The Morgan fingerprint density at radius 3 is 2.95 bits per heavy atom. The van der Waals surface area contributed by atoms with Crippen LogP contribution in [0.15, 0.2) is 28.7 Å². The summed E-state index contributed by atoms with van der Waals surface area (Å²) in [5.41, 5.74) is 0.848. The van der Waals surface area contributed by atoms with Crippen LogP contribution in [0.5, 0.6) is 5.75 Å². The Morgan fingerprint density at radius 2 is 2.19 bits per heavy atom. The number of furan rings is 1. The lowest BCUT2D eigenvalue weighted by Crippen LogP contribution is -2.35. The quantitative estimate of drug-likeness (QED) is 0.887. The van der Waals surface area contributed by atoms with Gasteiger partial charge in [-0.05, 0) is 37.8 Å². The fourth-order valence-electron chi connectivity index (χ4n) is 3.45. The van der Waals surface area contributed by atoms with Crippen LogP contribution in [0.3, 0.4) is 0 Å². The van der Waals surface area contributed by atoms with Crippen LogP contribution < -0.4 is 10.1 Å². The van der Waals surface area contributed by atoms with Crippen molar-refractivity contribution in [2.75, 3.05) is 7.11 Å². The van der Waals surface area contributed by atoms with Crippen molar-refractivity contribution >= 4 is 11.0 Å². The first-order valence-electron chi connectivity index (χ1n) is 8.00. The minimum Gasteiger partial charge on any atom is -0.493 e. The Morgan fingerprint density at radius 1 is 1.33 bits per heavy atom. The second-order valence-corrected chi connectivity index (χ2v) is 6.38. The number of nitrogens with one attached hydrogen (secondary N) is 1. The van der Waals surface area contributed by atoms with E-state index in [0.717, 1.165) is 28.4 Å². The average molecular weight is 287 g/mol. The molecule has 0 saturated heterocycles. The highest BCUT2D eigenvalue weighted by atomic mass is 16.5. The van der Waals surface area contributed by atoms with E-state index in [1.807, 2.05) is 12.1 Å². The third-order valence-corrected chi connectivity index (χ3v) is 4.60. The van der Waals surface area contributed by atoms with Gasteiger partial charge in [-0.15, -0.1) is 0 Å². The van der Waals surface area contributed by atoms with E-state index in [0.29, 0.717) is 6.04 Å². The zero-order valence-electron chi connectivity index (χ0n) is 13.2. The van der Waals surface area contributed by atoms with E-state index < -0.39 is 0 Å². The van der Waals surface area contributed by atoms with Crippen molar-refractivity contribution in [1.82, 2.24) is 5.32 Å². The van der Waals surface area contributed by atoms with Crippen LogP contribution in [0.2, 0.25) is 0 Å². The molecule has 1 fully saturated rings. The Balaban J connectivity index is 1.76. The maximum absolute atomic E-state index is 6.03. The molecular formula is C18H25NO2. The zero-order valence-corrected chi connectivity index (χ0v) is 13.2. The minimum absolute atomic E-state index is 0.234. The highest BCUT2D eigenvalue weighted by Gasteiger charge is 2.22. The standard InChI is InChI=1S/C18H25NO2/c1-12-6-4-8-15(10-12)19-13(2)17-11-14-7-5-9-16(20-3)18(14)21-17/h5,7,9,11-13,15,19H,4,6,8,10H2,1-3H3. The molecular weight excluding hydrogens is 262 g/mol. The molecule has 0 spiro atoms. The minimum atomic E-state index is 0.234. The molecule has 3 heteroatoms. The number of para-hydroxylation sites is 1. The first-order valence-corrected chi connectivity index (χ1v) is 8.00. The first kappa shape index (κ1) is 14.5. The average Bonchev–Trinajstić information content (AvgIpc) is 2.91. The number of fused-ring (bicyclic) bond motifs is 1. The maximum Gasteiger partial charge on any atom is 0.176 e. The maximum atomic E-state index is 6.03. The van der Waals surface area contributed by atoms with Gasteiger partial charge in [0.2, 0.25) is 0 Å². The molecule has 3 unspecified atom stereocenters. The summed E-state index contributed by atoms with van der Waals surface area (Å²) in [6.07, 6.45) is 5.25. The number of rotatable bonds is 4. The van der Waals surface area contributed by atoms with Gasteiger partial charge in [-0.1, -0.05) is 31.9 Å². The number of ether oxygens (including phenoxy) is 1. The lowest BCUT2D eigenvalue weighted by atomic mass is 9.87. The summed E-state index contributed by atoms with van der Waals surface area (Å²) in [6, 6.07) is 8.98. The number of methoxy groups -OCH3 is 1. The lowest BCUT2D eigenvalue weighted by molar-refractivity contribution is 0.275. The number of hydrogen-bond donors (Lipinski definition) is 1. The third kappa shape index (κ3) is 3.08. The highest BCUT2D eigenvalue weighted by molar-refractivity contribution is 5.83. The van der Waals surface area contributed by atoms with E-state index in [1.54, 1.807) is 7.11 Å². The Hall–Kier alpha value is -1.48. The van der Waals surface area contributed by atoms with Crippen LogP contribution in [0.25, 0.3) is 11.0 Å². The molecule has 1 N–H and O–H groups in total. The lowest BCUT2D eigenvalue weighted by Gasteiger charge is -2.29. The molecule has 114 valence electrons. The van der Waals surface area contributed by atoms with E-state index in [1.165, 1.54) is 25.7 Å². The third-order valence-electron chi connectivity index (χ3n) is 4.60. The molecule has 3 rings (SSSR count). The van der Waals surface area contributed by atoms with Crippen molar-refractivity contribution in [2.24, 2.45) is 5.92 Å². The van der Waals surface area contributed by atoms with Gasteiger partial charge in [0.1, 0.15) is 5.76 Å². The van der Waals surface area contributed by atoms with Crippen LogP contribution in [0.1, 0.15) is 51.3 Å². The van der Waals surface area contributed by atoms with E-state index >= 15 is 0 Å². The van der Waals surface area contributed by atoms with Gasteiger partial charge in [0, 0.05) is 11.4 Å². The predicted molar refractivity (Wildman–Crippen MR) is 85.7 cm³/mol. The van der Waals surface area contributed by atoms with E-state index in [2.05, 4.69) is 31.3 Å². The monoisotopic (exact) mass is 287 g/mol. The summed E-state index contributed by atoms with van der Waals surface area (Å²) in [4.78, 5) is 0. The molecule has 0 aliphatic heterocycles. The molecule has 2 aromatic rings. The van der Waals surface area contributed by atoms with Crippen molar-refractivity contribution in [3.8, 4) is 5.75 Å². The van der Waals surface area contributed by atoms with Crippen molar-refractivity contribution < 1.29 is 9.15 Å². The van der Waals surface area contributed by atoms with Gasteiger partial charge in [-0.3, -0.25) is 0 Å². The fourth-order valence-corrected chi connectivity index (χ4v) is 3.45. The zero-order chi connectivity index (χ0) is 14.8. The largest absolute Gasteiger partial charge is 0.493 e. The number of benzene rings is 1. The van der Waals surface area contributed by atoms with Crippen LogP contribution in [-0.2, 0) is 0 Å². The topological polar surface area (TPSA) is 34.4 Å². The summed E-state index contributed by atoms with van der Waals surface area (Å²) < 4.78 is 11.4. The van der Waals surface area contributed by atoms with E-state index in [4.69, 9.17) is 9.15 Å². The molecule has 1 aromatic carbocycles. The van der Waals surface area contributed by atoms with Crippen molar-refractivity contribution in [1.29, 1.82) is 0 Å². The van der Waals surface area contributed by atoms with Crippen molar-refractivity contribution in [3.63, 3.8) is 0 Å². The first-order chi connectivity index (χ1) is 10.2.